The van der Waals surface area contributed by atoms with Crippen LogP contribution in [0.4, 0.5) is 0 Å². The van der Waals surface area contributed by atoms with Crippen molar-refractivity contribution in [1.82, 2.24) is 20.0 Å². The van der Waals surface area contributed by atoms with Crippen LogP contribution in [0.3, 0.4) is 0 Å². The molecule has 37 heavy (non-hydrogen) atoms. The maximum atomic E-state index is 13.3. The van der Waals surface area contributed by atoms with Gasteiger partial charge >= 0.3 is 0 Å². The highest BCUT2D eigenvalue weighted by atomic mass is 16.5. The van der Waals surface area contributed by atoms with Crippen LogP contribution in [0.25, 0.3) is 22.4 Å². The molecule has 4 aromatic rings. The van der Waals surface area contributed by atoms with Gasteiger partial charge in [0, 0.05) is 38.3 Å². The Hall–Kier alpha value is -4.10. The fraction of sp³-hybridized carbons (Fsp3) is 0.267. The zero-order valence-electron chi connectivity index (χ0n) is 21.5. The van der Waals surface area contributed by atoms with E-state index in [9.17, 15) is 4.79 Å². The molecule has 1 aromatic heterocycles. The molecule has 0 atom stereocenters. The molecule has 0 aliphatic carbocycles. The summed E-state index contributed by atoms with van der Waals surface area (Å²) in [5.41, 5.74) is 6.49. The molecule has 1 aliphatic heterocycles. The highest BCUT2D eigenvalue weighted by Crippen LogP contribution is 2.35. The smallest absolute Gasteiger partial charge is 0.255 e. The van der Waals surface area contributed by atoms with Crippen molar-refractivity contribution in [3.8, 4) is 33.9 Å². The van der Waals surface area contributed by atoms with Gasteiger partial charge in [-0.3, -0.25) is 9.48 Å². The van der Waals surface area contributed by atoms with Gasteiger partial charge in [0.2, 0.25) is 0 Å². The van der Waals surface area contributed by atoms with Crippen LogP contribution >= 0.6 is 0 Å². The average molecular weight is 497 g/mol. The predicted octanol–water partition coefficient (Wildman–Crippen LogP) is 4.91. The van der Waals surface area contributed by atoms with Gasteiger partial charge in [-0.1, -0.05) is 48.5 Å². The molecule has 0 fully saturated rings. The lowest BCUT2D eigenvalue weighted by Crippen LogP contribution is -2.23. The summed E-state index contributed by atoms with van der Waals surface area (Å²) in [7, 11) is 5.95. The standard InChI is InChI=1S/C30H32N4O3/c1-33(2)19-21-9-11-22(12-10-21)25-8-5-4-7-24(25)18-31-30(35)26-20-34(3)32-29(26)23-13-14-27-28(17-23)37-16-6-15-36-27/h4-5,7-14,17,20H,6,15-16,18-19H2,1-3H3,(H,31,35). The summed E-state index contributed by atoms with van der Waals surface area (Å²) in [6, 6.07) is 22.5. The maximum absolute atomic E-state index is 13.3. The Balaban J connectivity index is 1.35. The first-order valence-electron chi connectivity index (χ1n) is 12.5. The van der Waals surface area contributed by atoms with Gasteiger partial charge in [-0.05, 0) is 54.5 Å². The minimum absolute atomic E-state index is 0.175. The van der Waals surface area contributed by atoms with Crippen molar-refractivity contribution in [3.05, 3.63) is 89.6 Å². The highest BCUT2D eigenvalue weighted by Gasteiger charge is 2.20. The van der Waals surface area contributed by atoms with Gasteiger partial charge in [0.25, 0.3) is 5.91 Å². The summed E-state index contributed by atoms with van der Waals surface area (Å²) in [5.74, 6) is 1.22. The Morgan fingerprint density at radius 3 is 2.49 bits per heavy atom. The molecule has 190 valence electrons. The van der Waals surface area contributed by atoms with E-state index in [-0.39, 0.29) is 5.91 Å². The molecule has 5 rings (SSSR count). The molecule has 0 bridgehead atoms. The molecule has 1 N–H and O–H groups in total. The lowest BCUT2D eigenvalue weighted by Gasteiger charge is -2.13. The maximum Gasteiger partial charge on any atom is 0.255 e. The molecule has 1 aliphatic rings. The van der Waals surface area contributed by atoms with Gasteiger partial charge in [0.15, 0.2) is 11.5 Å². The second kappa shape index (κ2) is 10.9. The summed E-state index contributed by atoms with van der Waals surface area (Å²) in [6.45, 7) is 2.54. The first-order valence-corrected chi connectivity index (χ1v) is 12.5. The van der Waals surface area contributed by atoms with E-state index in [1.807, 2.05) is 37.4 Å². The minimum Gasteiger partial charge on any atom is -0.490 e. The Bertz CT molecular complexity index is 1390. The Morgan fingerprint density at radius 1 is 0.973 bits per heavy atom. The number of rotatable bonds is 7. The zero-order valence-corrected chi connectivity index (χ0v) is 21.5. The van der Waals surface area contributed by atoms with Crippen molar-refractivity contribution in [3.63, 3.8) is 0 Å². The van der Waals surface area contributed by atoms with Crippen LogP contribution in [0, 0.1) is 0 Å². The minimum atomic E-state index is -0.175. The van der Waals surface area contributed by atoms with Crippen LogP contribution in [0.2, 0.25) is 0 Å². The van der Waals surface area contributed by atoms with Crippen molar-refractivity contribution in [1.29, 1.82) is 0 Å². The van der Waals surface area contributed by atoms with Gasteiger partial charge in [-0.2, -0.15) is 5.10 Å². The number of aryl methyl sites for hydroxylation is 1. The molecule has 2 heterocycles. The number of hydrogen-bond acceptors (Lipinski definition) is 5. The van der Waals surface area contributed by atoms with E-state index in [1.165, 1.54) is 5.56 Å². The summed E-state index contributed by atoms with van der Waals surface area (Å²) < 4.78 is 13.3. The number of hydrogen-bond donors (Lipinski definition) is 1. The Morgan fingerprint density at radius 2 is 1.70 bits per heavy atom. The van der Waals surface area contributed by atoms with Crippen LogP contribution in [0.15, 0.2) is 72.9 Å². The molecule has 7 heteroatoms. The van der Waals surface area contributed by atoms with Crippen molar-refractivity contribution in [2.75, 3.05) is 27.3 Å². The number of amides is 1. The van der Waals surface area contributed by atoms with Gasteiger partial charge < -0.3 is 19.7 Å². The molecule has 0 unspecified atom stereocenters. The molecule has 7 nitrogen and oxygen atoms in total. The van der Waals surface area contributed by atoms with Crippen LogP contribution in [0.5, 0.6) is 11.5 Å². The monoisotopic (exact) mass is 496 g/mol. The largest absolute Gasteiger partial charge is 0.490 e. The van der Waals surface area contributed by atoms with E-state index >= 15 is 0 Å². The molecule has 0 saturated heterocycles. The molecular formula is C30H32N4O3. The number of carbonyl (C=O) groups is 1. The lowest BCUT2D eigenvalue weighted by molar-refractivity contribution is 0.0951. The highest BCUT2D eigenvalue weighted by molar-refractivity contribution is 6.00. The van der Waals surface area contributed by atoms with Gasteiger partial charge in [0.05, 0.1) is 18.8 Å². The number of benzene rings is 3. The van der Waals surface area contributed by atoms with Gasteiger partial charge in [-0.25, -0.2) is 0 Å². The van der Waals surface area contributed by atoms with Crippen LogP contribution < -0.4 is 14.8 Å². The molecule has 3 aromatic carbocycles. The van der Waals surface area contributed by atoms with Crippen LogP contribution in [-0.4, -0.2) is 47.9 Å². The van der Waals surface area contributed by atoms with Gasteiger partial charge in [-0.15, -0.1) is 0 Å². The Kier molecular flexibility index (Phi) is 7.23. The number of nitrogens with one attached hydrogen (secondary N) is 1. The third kappa shape index (κ3) is 5.67. The summed E-state index contributed by atoms with van der Waals surface area (Å²) in [6.07, 6.45) is 2.59. The SMILES string of the molecule is CN(C)Cc1ccc(-c2ccccc2CNC(=O)c2cn(C)nc2-c2ccc3c(c2)OCCCO3)cc1. The molecule has 0 saturated carbocycles. The first kappa shape index (κ1) is 24.6. The Labute approximate surface area is 217 Å². The van der Waals surface area contributed by atoms with Crippen molar-refractivity contribution in [2.24, 2.45) is 7.05 Å². The van der Waals surface area contributed by atoms with E-state index in [0.717, 1.165) is 41.0 Å². The number of fused-ring (bicyclic) bond motifs is 1. The molecule has 0 spiro atoms. The quantitative estimate of drug-likeness (QED) is 0.394. The normalized spacial score (nSPS) is 12.9. The summed E-state index contributed by atoms with van der Waals surface area (Å²) >= 11 is 0. The van der Waals surface area contributed by atoms with Crippen LogP contribution in [0.1, 0.15) is 27.9 Å². The second-order valence-corrected chi connectivity index (χ2v) is 9.55. The van der Waals surface area contributed by atoms with E-state index in [2.05, 4.69) is 65.8 Å². The number of nitrogens with zero attached hydrogens (tertiary/aromatic N) is 3. The number of aromatic nitrogens is 2. The van der Waals surface area contributed by atoms with E-state index < -0.39 is 0 Å². The van der Waals surface area contributed by atoms with Crippen molar-refractivity contribution >= 4 is 5.91 Å². The lowest BCUT2D eigenvalue weighted by atomic mass is 9.98. The molecule has 1 amide bonds. The van der Waals surface area contributed by atoms with Crippen molar-refractivity contribution in [2.45, 2.75) is 19.5 Å². The second-order valence-electron chi connectivity index (χ2n) is 9.55. The fourth-order valence-corrected chi connectivity index (χ4v) is 4.56. The topological polar surface area (TPSA) is 68.6 Å². The number of ether oxygens (including phenoxy) is 2. The number of carbonyl (C=O) groups excluding carboxylic acids is 1. The average Bonchev–Trinajstić information content (AvgIpc) is 3.14. The first-order chi connectivity index (χ1) is 18.0. The molecular weight excluding hydrogens is 464 g/mol. The fourth-order valence-electron chi connectivity index (χ4n) is 4.56. The van der Waals surface area contributed by atoms with E-state index in [1.54, 1.807) is 10.9 Å². The zero-order chi connectivity index (χ0) is 25.8. The van der Waals surface area contributed by atoms with Crippen molar-refractivity contribution < 1.29 is 14.3 Å². The summed E-state index contributed by atoms with van der Waals surface area (Å²) in [4.78, 5) is 15.5. The van der Waals surface area contributed by atoms with E-state index in [4.69, 9.17) is 9.47 Å². The molecule has 0 radical (unpaired) electrons. The van der Waals surface area contributed by atoms with Crippen LogP contribution in [-0.2, 0) is 20.1 Å². The predicted molar refractivity (Wildman–Crippen MR) is 145 cm³/mol. The summed E-state index contributed by atoms with van der Waals surface area (Å²) in [5, 5.41) is 7.68. The van der Waals surface area contributed by atoms with E-state index in [0.29, 0.717) is 36.8 Å². The third-order valence-corrected chi connectivity index (χ3v) is 6.31. The third-order valence-electron chi connectivity index (χ3n) is 6.31. The van der Waals surface area contributed by atoms with Gasteiger partial charge in [0.1, 0.15) is 5.69 Å².